The van der Waals surface area contributed by atoms with Crippen molar-refractivity contribution in [2.75, 3.05) is 25.0 Å². The highest BCUT2D eigenvalue weighted by Gasteiger charge is 2.14. The van der Waals surface area contributed by atoms with Crippen LogP contribution in [0.1, 0.15) is 18.0 Å². The predicted molar refractivity (Wildman–Crippen MR) is 76.9 cm³/mol. The Balaban J connectivity index is 2.05. The number of benzene rings is 1. The zero-order chi connectivity index (χ0) is 12.8. The van der Waals surface area contributed by atoms with Crippen molar-refractivity contribution < 1.29 is 0 Å². The Morgan fingerprint density at radius 2 is 1.94 bits per heavy atom. The van der Waals surface area contributed by atoms with Crippen LogP contribution in [-0.4, -0.2) is 25.1 Å². The van der Waals surface area contributed by atoms with Gasteiger partial charge in [0, 0.05) is 37.1 Å². The van der Waals surface area contributed by atoms with Gasteiger partial charge < -0.3 is 15.6 Å². The van der Waals surface area contributed by atoms with Crippen LogP contribution in [0.3, 0.4) is 0 Å². The SMILES string of the molecule is CN(CC(CCN)c1ccc[nH]1)c1ccccc1. The maximum absolute atomic E-state index is 5.72. The highest BCUT2D eigenvalue weighted by molar-refractivity contribution is 5.45. The average molecular weight is 243 g/mol. The molecule has 0 radical (unpaired) electrons. The van der Waals surface area contributed by atoms with E-state index in [2.05, 4.69) is 47.3 Å². The van der Waals surface area contributed by atoms with Crippen molar-refractivity contribution in [3.63, 3.8) is 0 Å². The third kappa shape index (κ3) is 3.14. The number of hydrogen-bond acceptors (Lipinski definition) is 2. The molecule has 0 aliphatic carbocycles. The molecule has 0 saturated heterocycles. The molecular formula is C15H21N3. The zero-order valence-corrected chi connectivity index (χ0v) is 10.8. The summed E-state index contributed by atoms with van der Waals surface area (Å²) in [5.74, 6) is 0.454. The Bertz CT molecular complexity index is 436. The molecule has 1 aromatic carbocycles. The van der Waals surface area contributed by atoms with Gasteiger partial charge in [0.15, 0.2) is 0 Å². The van der Waals surface area contributed by atoms with Gasteiger partial charge in [-0.25, -0.2) is 0 Å². The Labute approximate surface area is 109 Å². The number of nitrogens with zero attached hydrogens (tertiary/aromatic N) is 1. The minimum Gasteiger partial charge on any atom is -0.374 e. The normalized spacial score (nSPS) is 12.3. The van der Waals surface area contributed by atoms with Gasteiger partial charge in [0.25, 0.3) is 0 Å². The third-order valence-electron chi connectivity index (χ3n) is 3.27. The zero-order valence-electron chi connectivity index (χ0n) is 10.8. The summed E-state index contributed by atoms with van der Waals surface area (Å²) in [6.07, 6.45) is 2.97. The maximum atomic E-state index is 5.72. The molecule has 1 atom stereocenters. The first kappa shape index (κ1) is 12.7. The van der Waals surface area contributed by atoms with Crippen LogP contribution in [0.15, 0.2) is 48.7 Å². The minimum absolute atomic E-state index is 0.454. The average Bonchev–Trinajstić information content (AvgIpc) is 2.93. The van der Waals surface area contributed by atoms with Crippen molar-refractivity contribution in [3.8, 4) is 0 Å². The van der Waals surface area contributed by atoms with E-state index in [0.717, 1.165) is 13.0 Å². The Morgan fingerprint density at radius 3 is 2.56 bits per heavy atom. The summed E-state index contributed by atoms with van der Waals surface area (Å²) in [7, 11) is 2.13. The van der Waals surface area contributed by atoms with Crippen molar-refractivity contribution in [3.05, 3.63) is 54.4 Å². The first-order valence-electron chi connectivity index (χ1n) is 6.41. The molecule has 0 amide bonds. The lowest BCUT2D eigenvalue weighted by atomic mass is 10.0. The summed E-state index contributed by atoms with van der Waals surface area (Å²) in [6.45, 7) is 1.69. The van der Waals surface area contributed by atoms with Crippen LogP contribution in [0.2, 0.25) is 0 Å². The molecule has 1 heterocycles. The third-order valence-corrected chi connectivity index (χ3v) is 3.27. The molecule has 0 bridgehead atoms. The molecule has 18 heavy (non-hydrogen) atoms. The van der Waals surface area contributed by atoms with E-state index < -0.39 is 0 Å². The number of likely N-dealkylation sites (N-methyl/N-ethyl adjacent to an activating group) is 1. The fourth-order valence-electron chi connectivity index (χ4n) is 2.26. The van der Waals surface area contributed by atoms with Crippen LogP contribution in [-0.2, 0) is 0 Å². The molecule has 2 aromatic rings. The second-order valence-corrected chi connectivity index (χ2v) is 4.62. The summed E-state index contributed by atoms with van der Waals surface area (Å²) >= 11 is 0. The molecule has 1 unspecified atom stereocenters. The molecule has 0 aliphatic rings. The maximum Gasteiger partial charge on any atom is 0.0363 e. The Morgan fingerprint density at radius 1 is 1.17 bits per heavy atom. The second kappa shape index (κ2) is 6.26. The van der Waals surface area contributed by atoms with Gasteiger partial charge in [0.2, 0.25) is 0 Å². The highest BCUT2D eigenvalue weighted by atomic mass is 15.1. The Hall–Kier alpha value is -1.74. The lowest BCUT2D eigenvalue weighted by Gasteiger charge is -2.25. The molecule has 96 valence electrons. The van der Waals surface area contributed by atoms with Gasteiger partial charge in [-0.05, 0) is 37.2 Å². The van der Waals surface area contributed by atoms with E-state index in [1.807, 2.05) is 18.3 Å². The highest BCUT2D eigenvalue weighted by Crippen LogP contribution is 2.21. The predicted octanol–water partition coefficient (Wildman–Crippen LogP) is 2.58. The van der Waals surface area contributed by atoms with Gasteiger partial charge in [-0.3, -0.25) is 0 Å². The molecule has 0 spiro atoms. The van der Waals surface area contributed by atoms with Crippen molar-refractivity contribution in [2.24, 2.45) is 5.73 Å². The number of H-pyrrole nitrogens is 1. The largest absolute Gasteiger partial charge is 0.374 e. The van der Waals surface area contributed by atoms with E-state index >= 15 is 0 Å². The number of aromatic nitrogens is 1. The molecular weight excluding hydrogens is 222 g/mol. The van der Waals surface area contributed by atoms with Gasteiger partial charge in [-0.2, -0.15) is 0 Å². The molecule has 0 fully saturated rings. The number of nitrogens with two attached hydrogens (primary N) is 1. The molecule has 3 heteroatoms. The minimum atomic E-state index is 0.454. The first-order chi connectivity index (χ1) is 8.81. The first-order valence-corrected chi connectivity index (χ1v) is 6.41. The number of hydrogen-bond donors (Lipinski definition) is 2. The monoisotopic (exact) mass is 243 g/mol. The van der Waals surface area contributed by atoms with Gasteiger partial charge in [-0.15, -0.1) is 0 Å². The van der Waals surface area contributed by atoms with Gasteiger partial charge >= 0.3 is 0 Å². The second-order valence-electron chi connectivity index (χ2n) is 4.62. The van der Waals surface area contributed by atoms with Crippen molar-refractivity contribution in [2.45, 2.75) is 12.3 Å². The summed E-state index contributed by atoms with van der Waals surface area (Å²) < 4.78 is 0. The van der Waals surface area contributed by atoms with E-state index in [4.69, 9.17) is 5.73 Å². The fourth-order valence-corrected chi connectivity index (χ4v) is 2.26. The molecule has 3 N–H and O–H groups in total. The molecule has 3 nitrogen and oxygen atoms in total. The van der Waals surface area contributed by atoms with Gasteiger partial charge in [0.05, 0.1) is 0 Å². The van der Waals surface area contributed by atoms with Crippen LogP contribution < -0.4 is 10.6 Å². The van der Waals surface area contributed by atoms with Crippen LogP contribution in [0.25, 0.3) is 0 Å². The van der Waals surface area contributed by atoms with E-state index in [-0.39, 0.29) is 0 Å². The van der Waals surface area contributed by atoms with E-state index in [1.54, 1.807) is 0 Å². The fraction of sp³-hybridized carbons (Fsp3) is 0.333. The van der Waals surface area contributed by atoms with Crippen LogP contribution in [0.4, 0.5) is 5.69 Å². The quantitative estimate of drug-likeness (QED) is 0.819. The lowest BCUT2D eigenvalue weighted by Crippen LogP contribution is -2.25. The number of anilines is 1. The number of rotatable bonds is 6. The number of aromatic amines is 1. The number of para-hydroxylation sites is 1. The summed E-state index contributed by atoms with van der Waals surface area (Å²) in [6, 6.07) is 14.6. The summed E-state index contributed by atoms with van der Waals surface area (Å²) in [5, 5.41) is 0. The summed E-state index contributed by atoms with van der Waals surface area (Å²) in [5.41, 5.74) is 8.23. The molecule has 0 aliphatic heterocycles. The topological polar surface area (TPSA) is 45.0 Å². The van der Waals surface area contributed by atoms with E-state index in [9.17, 15) is 0 Å². The van der Waals surface area contributed by atoms with E-state index in [0.29, 0.717) is 12.5 Å². The van der Waals surface area contributed by atoms with Crippen molar-refractivity contribution in [1.82, 2.24) is 4.98 Å². The smallest absolute Gasteiger partial charge is 0.0363 e. The molecule has 1 aromatic heterocycles. The number of nitrogens with one attached hydrogen (secondary N) is 1. The van der Waals surface area contributed by atoms with Crippen LogP contribution in [0.5, 0.6) is 0 Å². The van der Waals surface area contributed by atoms with Crippen LogP contribution >= 0.6 is 0 Å². The van der Waals surface area contributed by atoms with Gasteiger partial charge in [-0.1, -0.05) is 18.2 Å². The van der Waals surface area contributed by atoms with Crippen molar-refractivity contribution in [1.29, 1.82) is 0 Å². The molecule has 2 rings (SSSR count). The van der Waals surface area contributed by atoms with Crippen molar-refractivity contribution >= 4 is 5.69 Å². The summed E-state index contributed by atoms with van der Waals surface area (Å²) in [4.78, 5) is 5.58. The van der Waals surface area contributed by atoms with E-state index in [1.165, 1.54) is 11.4 Å². The standard InChI is InChI=1S/C15H21N3/c1-18(14-6-3-2-4-7-14)12-13(9-10-16)15-8-5-11-17-15/h2-8,11,13,17H,9-10,12,16H2,1H3. The Kier molecular flexibility index (Phi) is 4.42. The van der Waals surface area contributed by atoms with Gasteiger partial charge in [0.1, 0.15) is 0 Å². The van der Waals surface area contributed by atoms with Crippen LogP contribution in [0, 0.1) is 0 Å². The lowest BCUT2D eigenvalue weighted by molar-refractivity contribution is 0.612. The molecule has 0 saturated carbocycles.